The number of likely N-dealkylation sites (tertiary alicyclic amines) is 1. The number of piperidine rings is 1. The predicted octanol–water partition coefficient (Wildman–Crippen LogP) is 3.57. The molecule has 1 aliphatic rings. The van der Waals surface area contributed by atoms with Crippen LogP contribution in [0.1, 0.15) is 32.8 Å². The van der Waals surface area contributed by atoms with Crippen molar-refractivity contribution in [3.05, 3.63) is 23.8 Å². The van der Waals surface area contributed by atoms with Crippen molar-refractivity contribution < 1.29 is 9.47 Å². The summed E-state index contributed by atoms with van der Waals surface area (Å²) in [6, 6.07) is 6.27. The van der Waals surface area contributed by atoms with Crippen LogP contribution in [-0.4, -0.2) is 31.7 Å². The van der Waals surface area contributed by atoms with Gasteiger partial charge in [-0.15, -0.1) is 0 Å². The molecule has 0 aromatic heterocycles. The fourth-order valence-corrected chi connectivity index (χ4v) is 3.27. The number of hydrogen-bond donors (Lipinski definition) is 0. The molecule has 0 N–H and O–H groups in total. The topological polar surface area (TPSA) is 21.7 Å². The third kappa shape index (κ3) is 3.89. The summed E-state index contributed by atoms with van der Waals surface area (Å²) in [6.07, 6.45) is 1.35. The highest BCUT2D eigenvalue weighted by molar-refractivity contribution is 5.42. The molecule has 0 unspecified atom stereocenters. The second-order valence-corrected chi connectivity index (χ2v) is 6.06. The highest BCUT2D eigenvalue weighted by Gasteiger charge is 2.21. The molecule has 0 aliphatic carbocycles. The molecule has 3 heteroatoms. The lowest BCUT2D eigenvalue weighted by atomic mass is 9.91. The van der Waals surface area contributed by atoms with Gasteiger partial charge in [0.15, 0.2) is 11.5 Å². The Labute approximate surface area is 122 Å². The maximum absolute atomic E-state index is 5.66. The molecule has 0 spiro atoms. The molecule has 20 heavy (non-hydrogen) atoms. The van der Waals surface area contributed by atoms with Crippen LogP contribution in [0, 0.1) is 11.8 Å². The van der Waals surface area contributed by atoms with E-state index in [0.29, 0.717) is 6.61 Å². The maximum Gasteiger partial charge on any atom is 0.161 e. The van der Waals surface area contributed by atoms with Crippen molar-refractivity contribution in [1.29, 1.82) is 0 Å². The van der Waals surface area contributed by atoms with Crippen LogP contribution in [0.25, 0.3) is 0 Å². The van der Waals surface area contributed by atoms with E-state index in [9.17, 15) is 0 Å². The minimum Gasteiger partial charge on any atom is -0.493 e. The SMILES string of the molecule is CCOc1cc(CN2C[C@H](C)C[C@H](C)C2)ccc1OC. The van der Waals surface area contributed by atoms with Gasteiger partial charge in [-0.1, -0.05) is 19.9 Å². The van der Waals surface area contributed by atoms with Gasteiger partial charge in [-0.2, -0.15) is 0 Å². The molecule has 112 valence electrons. The van der Waals surface area contributed by atoms with Crippen LogP contribution in [0.15, 0.2) is 18.2 Å². The first-order valence-corrected chi connectivity index (χ1v) is 7.64. The smallest absolute Gasteiger partial charge is 0.161 e. The van der Waals surface area contributed by atoms with E-state index in [-0.39, 0.29) is 0 Å². The first kappa shape index (κ1) is 15.2. The zero-order valence-corrected chi connectivity index (χ0v) is 13.2. The molecule has 1 heterocycles. The molecule has 1 fully saturated rings. The van der Waals surface area contributed by atoms with Gasteiger partial charge in [-0.05, 0) is 42.9 Å². The van der Waals surface area contributed by atoms with Crippen LogP contribution in [0.4, 0.5) is 0 Å². The maximum atomic E-state index is 5.66. The summed E-state index contributed by atoms with van der Waals surface area (Å²) < 4.78 is 11.0. The molecule has 3 nitrogen and oxygen atoms in total. The Morgan fingerprint density at radius 3 is 2.45 bits per heavy atom. The van der Waals surface area contributed by atoms with E-state index >= 15 is 0 Å². The molecule has 1 saturated heterocycles. The predicted molar refractivity (Wildman–Crippen MR) is 82.4 cm³/mol. The van der Waals surface area contributed by atoms with Crippen molar-refractivity contribution >= 4 is 0 Å². The van der Waals surface area contributed by atoms with E-state index < -0.39 is 0 Å². The number of nitrogens with zero attached hydrogens (tertiary/aromatic N) is 1. The van der Waals surface area contributed by atoms with Gasteiger partial charge in [0.05, 0.1) is 13.7 Å². The van der Waals surface area contributed by atoms with E-state index in [1.54, 1.807) is 7.11 Å². The monoisotopic (exact) mass is 277 g/mol. The van der Waals surface area contributed by atoms with Crippen LogP contribution in [0.2, 0.25) is 0 Å². The summed E-state index contributed by atoms with van der Waals surface area (Å²) in [5, 5.41) is 0. The lowest BCUT2D eigenvalue weighted by Gasteiger charge is -2.35. The molecule has 0 saturated carbocycles. The van der Waals surface area contributed by atoms with Crippen molar-refractivity contribution in [3.8, 4) is 11.5 Å². The third-order valence-electron chi connectivity index (χ3n) is 3.88. The molecule has 0 bridgehead atoms. The Hall–Kier alpha value is -1.22. The Kier molecular flexibility index (Phi) is 5.30. The van der Waals surface area contributed by atoms with Gasteiger partial charge in [-0.3, -0.25) is 4.90 Å². The Morgan fingerprint density at radius 1 is 1.15 bits per heavy atom. The summed E-state index contributed by atoms with van der Waals surface area (Å²) in [4.78, 5) is 2.55. The molecule has 2 atom stereocenters. The van der Waals surface area contributed by atoms with E-state index in [1.807, 2.05) is 13.0 Å². The zero-order chi connectivity index (χ0) is 14.5. The minimum atomic E-state index is 0.664. The fourth-order valence-electron chi connectivity index (χ4n) is 3.27. The van der Waals surface area contributed by atoms with E-state index in [2.05, 4.69) is 30.9 Å². The van der Waals surface area contributed by atoms with Gasteiger partial charge in [0.1, 0.15) is 0 Å². The second kappa shape index (κ2) is 6.98. The third-order valence-corrected chi connectivity index (χ3v) is 3.88. The van der Waals surface area contributed by atoms with E-state index in [4.69, 9.17) is 9.47 Å². The molecule has 0 amide bonds. The van der Waals surface area contributed by atoms with Gasteiger partial charge in [0.2, 0.25) is 0 Å². The Bertz CT molecular complexity index is 423. The van der Waals surface area contributed by atoms with Crippen molar-refractivity contribution in [2.45, 2.75) is 33.7 Å². The van der Waals surface area contributed by atoms with Crippen molar-refractivity contribution in [1.82, 2.24) is 4.90 Å². The molecule has 1 aromatic carbocycles. The van der Waals surface area contributed by atoms with Gasteiger partial charge < -0.3 is 9.47 Å². The summed E-state index contributed by atoms with van der Waals surface area (Å²) in [5.41, 5.74) is 1.30. The highest BCUT2D eigenvalue weighted by Crippen LogP contribution is 2.29. The summed E-state index contributed by atoms with van der Waals surface area (Å²) in [6.45, 7) is 10.8. The second-order valence-electron chi connectivity index (χ2n) is 6.06. The summed E-state index contributed by atoms with van der Waals surface area (Å²) >= 11 is 0. The van der Waals surface area contributed by atoms with Crippen LogP contribution in [0.5, 0.6) is 11.5 Å². The number of methoxy groups -OCH3 is 1. The van der Waals surface area contributed by atoms with Gasteiger partial charge in [-0.25, -0.2) is 0 Å². The van der Waals surface area contributed by atoms with E-state index in [1.165, 1.54) is 25.1 Å². The average molecular weight is 277 g/mol. The van der Waals surface area contributed by atoms with Crippen molar-refractivity contribution in [2.24, 2.45) is 11.8 Å². The Morgan fingerprint density at radius 2 is 1.85 bits per heavy atom. The normalized spacial score (nSPS) is 23.6. The van der Waals surface area contributed by atoms with E-state index in [0.717, 1.165) is 29.9 Å². The molecular formula is C17H27NO2. The van der Waals surface area contributed by atoms with Gasteiger partial charge in [0, 0.05) is 19.6 Å². The minimum absolute atomic E-state index is 0.664. The average Bonchev–Trinajstić information content (AvgIpc) is 2.38. The molecule has 0 radical (unpaired) electrons. The standard InChI is InChI=1S/C17H27NO2/c1-5-20-17-9-15(6-7-16(17)19-4)12-18-10-13(2)8-14(3)11-18/h6-7,9,13-14H,5,8,10-12H2,1-4H3/t13-,14+. The Balaban J connectivity index is 2.07. The first-order valence-electron chi connectivity index (χ1n) is 7.64. The fraction of sp³-hybridized carbons (Fsp3) is 0.647. The van der Waals surface area contributed by atoms with Gasteiger partial charge in [0.25, 0.3) is 0 Å². The van der Waals surface area contributed by atoms with Crippen LogP contribution in [0.3, 0.4) is 0 Å². The lowest BCUT2D eigenvalue weighted by Crippen LogP contribution is -2.38. The molecule has 1 aromatic rings. The molecule has 2 rings (SSSR count). The quantitative estimate of drug-likeness (QED) is 0.821. The number of ether oxygens (including phenoxy) is 2. The lowest BCUT2D eigenvalue weighted by molar-refractivity contribution is 0.134. The molecular weight excluding hydrogens is 250 g/mol. The zero-order valence-electron chi connectivity index (χ0n) is 13.2. The first-order chi connectivity index (χ1) is 9.62. The highest BCUT2D eigenvalue weighted by atomic mass is 16.5. The summed E-state index contributed by atoms with van der Waals surface area (Å²) in [5.74, 6) is 3.26. The van der Waals surface area contributed by atoms with Crippen LogP contribution in [-0.2, 0) is 6.54 Å². The van der Waals surface area contributed by atoms with Crippen molar-refractivity contribution in [2.75, 3.05) is 26.8 Å². The number of hydrogen-bond acceptors (Lipinski definition) is 3. The number of rotatable bonds is 5. The van der Waals surface area contributed by atoms with Gasteiger partial charge >= 0.3 is 0 Å². The largest absolute Gasteiger partial charge is 0.493 e. The summed E-state index contributed by atoms with van der Waals surface area (Å²) in [7, 11) is 1.69. The van der Waals surface area contributed by atoms with Crippen LogP contribution < -0.4 is 9.47 Å². The van der Waals surface area contributed by atoms with Crippen LogP contribution >= 0.6 is 0 Å². The molecule has 1 aliphatic heterocycles. The number of benzene rings is 1. The van der Waals surface area contributed by atoms with Crippen molar-refractivity contribution in [3.63, 3.8) is 0 Å².